The second-order valence-corrected chi connectivity index (χ2v) is 12.5. The Morgan fingerprint density at radius 3 is 1.65 bits per heavy atom. The smallest absolute Gasteiger partial charge is 0.0553 e. The van der Waals surface area contributed by atoms with E-state index in [4.69, 9.17) is 0 Å². The van der Waals surface area contributed by atoms with Gasteiger partial charge in [-0.05, 0) is 104 Å². The van der Waals surface area contributed by atoms with Gasteiger partial charge in [0.1, 0.15) is 0 Å². The first-order valence-electron chi connectivity index (χ1n) is 16.5. The molecule has 10 rings (SSSR count). The number of benzene rings is 9. The van der Waals surface area contributed by atoms with Crippen molar-refractivity contribution in [2.45, 2.75) is 0 Å². The Hall–Kier alpha value is -6.38. The largest absolute Gasteiger partial charge is 0.311 e. The van der Waals surface area contributed by atoms with Gasteiger partial charge >= 0.3 is 0 Å². The lowest BCUT2D eigenvalue weighted by Gasteiger charge is -2.25. The zero-order valence-electron chi connectivity index (χ0n) is 26.2. The fraction of sp³-hybridized carbons (Fsp3) is 0. The molecule has 0 N–H and O–H groups in total. The quantitative estimate of drug-likeness (QED) is 0.176. The summed E-state index contributed by atoms with van der Waals surface area (Å²) in [5.74, 6) is 0. The van der Waals surface area contributed by atoms with Gasteiger partial charge in [-0.2, -0.15) is 0 Å². The van der Waals surface area contributed by atoms with Gasteiger partial charge in [-0.3, -0.25) is 0 Å². The molecule has 2 heteroatoms. The maximum Gasteiger partial charge on any atom is 0.0553 e. The summed E-state index contributed by atoms with van der Waals surface area (Å²) in [6, 6.07) is 66.0. The lowest BCUT2D eigenvalue weighted by molar-refractivity contribution is 1.18. The summed E-state index contributed by atoms with van der Waals surface area (Å²) in [5.41, 5.74) is 9.52. The van der Waals surface area contributed by atoms with Gasteiger partial charge in [0.25, 0.3) is 0 Å². The third-order valence-corrected chi connectivity index (χ3v) is 9.90. The van der Waals surface area contributed by atoms with Crippen molar-refractivity contribution >= 4 is 71.2 Å². The van der Waals surface area contributed by atoms with Crippen molar-refractivity contribution in [2.24, 2.45) is 0 Å². The van der Waals surface area contributed by atoms with Gasteiger partial charge in [0, 0.05) is 33.5 Å². The number of aromatic nitrogens is 1. The third kappa shape index (κ3) is 4.00. The number of hydrogen-bond donors (Lipinski definition) is 0. The van der Waals surface area contributed by atoms with Crippen LogP contribution in [0.25, 0.3) is 70.9 Å². The van der Waals surface area contributed by atoms with Crippen LogP contribution in [0.15, 0.2) is 182 Å². The first-order chi connectivity index (χ1) is 23.8. The van der Waals surface area contributed by atoms with E-state index in [0.717, 1.165) is 17.1 Å². The minimum Gasteiger partial charge on any atom is -0.311 e. The van der Waals surface area contributed by atoms with Crippen LogP contribution < -0.4 is 4.90 Å². The number of para-hydroxylation sites is 4. The second-order valence-electron chi connectivity index (χ2n) is 12.5. The highest BCUT2D eigenvalue weighted by atomic mass is 15.1. The molecule has 48 heavy (non-hydrogen) atoms. The van der Waals surface area contributed by atoms with Crippen molar-refractivity contribution in [1.29, 1.82) is 0 Å². The highest BCUT2D eigenvalue weighted by Crippen LogP contribution is 2.45. The molecule has 0 unspecified atom stereocenters. The molecule has 224 valence electrons. The number of rotatable bonds is 5. The molecule has 9 aromatic carbocycles. The molecule has 0 aliphatic heterocycles. The zero-order valence-corrected chi connectivity index (χ0v) is 26.2. The van der Waals surface area contributed by atoms with Gasteiger partial charge in [-0.1, -0.05) is 121 Å². The molecule has 1 heterocycles. The Balaban J connectivity index is 1.17. The molecular weight excluding hydrogens is 581 g/mol. The van der Waals surface area contributed by atoms with Crippen LogP contribution in [0.1, 0.15) is 0 Å². The molecular formula is C46H30N2. The van der Waals surface area contributed by atoms with E-state index >= 15 is 0 Å². The monoisotopic (exact) mass is 610 g/mol. The van der Waals surface area contributed by atoms with E-state index in [1.807, 2.05) is 0 Å². The molecule has 0 radical (unpaired) electrons. The van der Waals surface area contributed by atoms with Crippen LogP contribution in [0.5, 0.6) is 0 Å². The predicted octanol–water partition coefficient (Wildman–Crippen LogP) is 12.8. The lowest BCUT2D eigenvalue weighted by atomic mass is 9.88. The number of fused-ring (bicyclic) bond motifs is 4. The first kappa shape index (κ1) is 26.8. The van der Waals surface area contributed by atoms with Crippen molar-refractivity contribution < 1.29 is 0 Å². The molecule has 1 aromatic heterocycles. The van der Waals surface area contributed by atoms with Crippen LogP contribution in [0.2, 0.25) is 0 Å². The summed E-state index contributed by atoms with van der Waals surface area (Å²) >= 11 is 0. The summed E-state index contributed by atoms with van der Waals surface area (Å²) in [6.45, 7) is 0. The van der Waals surface area contributed by atoms with Crippen LogP contribution in [-0.2, 0) is 0 Å². The average Bonchev–Trinajstić information content (AvgIpc) is 3.49. The van der Waals surface area contributed by atoms with Crippen molar-refractivity contribution in [3.63, 3.8) is 0 Å². The Bertz CT molecular complexity index is 2700. The number of nitrogens with zero attached hydrogens (tertiary/aromatic N) is 2. The van der Waals surface area contributed by atoms with Crippen LogP contribution >= 0.6 is 0 Å². The molecule has 0 saturated carbocycles. The molecule has 0 spiro atoms. The Kier molecular flexibility index (Phi) is 5.91. The molecule has 0 bridgehead atoms. The highest BCUT2D eigenvalue weighted by molar-refractivity contribution is 6.34. The fourth-order valence-corrected chi connectivity index (χ4v) is 7.83. The van der Waals surface area contributed by atoms with Gasteiger partial charge in [0.05, 0.1) is 11.0 Å². The first-order valence-corrected chi connectivity index (χ1v) is 16.5. The van der Waals surface area contributed by atoms with Crippen LogP contribution in [0, 0.1) is 0 Å². The zero-order chi connectivity index (χ0) is 31.6. The van der Waals surface area contributed by atoms with Gasteiger partial charge in [-0.15, -0.1) is 0 Å². The minimum absolute atomic E-state index is 1.13. The topological polar surface area (TPSA) is 8.17 Å². The van der Waals surface area contributed by atoms with Crippen molar-refractivity contribution in [1.82, 2.24) is 4.57 Å². The minimum atomic E-state index is 1.13. The van der Waals surface area contributed by atoms with Crippen molar-refractivity contribution in [3.8, 4) is 16.8 Å². The molecule has 0 atom stereocenters. The third-order valence-electron chi connectivity index (χ3n) is 9.90. The fourth-order valence-electron chi connectivity index (χ4n) is 7.83. The van der Waals surface area contributed by atoms with Crippen LogP contribution in [0.4, 0.5) is 17.1 Å². The van der Waals surface area contributed by atoms with Gasteiger partial charge in [-0.25, -0.2) is 0 Å². The SMILES string of the molecule is c1ccc(N(c2ccccc2)c2ccc(-c3ccc4ccc5cc6c(c7ccc3c4c57)c3ccccc3n6-c3ccccc3)cc2)cc1. The van der Waals surface area contributed by atoms with E-state index in [2.05, 4.69) is 191 Å². The van der Waals surface area contributed by atoms with Crippen LogP contribution in [0.3, 0.4) is 0 Å². The molecule has 0 aliphatic carbocycles. The summed E-state index contributed by atoms with van der Waals surface area (Å²) in [7, 11) is 0. The van der Waals surface area contributed by atoms with E-state index in [1.54, 1.807) is 0 Å². The molecule has 2 nitrogen and oxygen atoms in total. The Morgan fingerprint density at radius 1 is 0.354 bits per heavy atom. The van der Waals surface area contributed by atoms with E-state index in [-0.39, 0.29) is 0 Å². The molecule has 0 amide bonds. The van der Waals surface area contributed by atoms with E-state index in [9.17, 15) is 0 Å². The standard InChI is InChI=1S/C46H30N2/c1-4-12-34(13-5-1)47(35-14-6-2-7-15-35)37-25-22-31(23-26-37)38-27-24-32-20-21-33-30-43-46(41-29-28-39(38)44(32)45(33)41)40-18-10-11-19-42(40)48(43)36-16-8-3-9-17-36/h1-30H. The van der Waals surface area contributed by atoms with Crippen molar-refractivity contribution in [3.05, 3.63) is 182 Å². The van der Waals surface area contributed by atoms with E-state index in [1.165, 1.54) is 70.9 Å². The summed E-state index contributed by atoms with van der Waals surface area (Å²) < 4.78 is 2.42. The maximum atomic E-state index is 2.42. The Labute approximate surface area is 278 Å². The normalized spacial score (nSPS) is 11.8. The van der Waals surface area contributed by atoms with Crippen molar-refractivity contribution in [2.75, 3.05) is 4.90 Å². The molecule has 0 aliphatic rings. The second kappa shape index (κ2) is 10.6. The predicted molar refractivity (Wildman–Crippen MR) is 205 cm³/mol. The number of anilines is 3. The molecule has 0 fully saturated rings. The van der Waals surface area contributed by atoms with Gasteiger partial charge < -0.3 is 9.47 Å². The van der Waals surface area contributed by atoms with Gasteiger partial charge in [0.2, 0.25) is 0 Å². The summed E-state index contributed by atoms with van der Waals surface area (Å²) in [4.78, 5) is 2.31. The Morgan fingerprint density at radius 2 is 0.917 bits per heavy atom. The highest BCUT2D eigenvalue weighted by Gasteiger charge is 2.20. The lowest BCUT2D eigenvalue weighted by Crippen LogP contribution is -2.09. The molecule has 0 saturated heterocycles. The summed E-state index contributed by atoms with van der Waals surface area (Å²) in [5, 5.41) is 10.4. The van der Waals surface area contributed by atoms with Gasteiger partial charge in [0.15, 0.2) is 0 Å². The average molecular weight is 611 g/mol. The summed E-state index contributed by atoms with van der Waals surface area (Å²) in [6.07, 6.45) is 0. The van der Waals surface area contributed by atoms with E-state index in [0.29, 0.717) is 0 Å². The maximum absolute atomic E-state index is 2.42. The van der Waals surface area contributed by atoms with E-state index < -0.39 is 0 Å². The number of hydrogen-bond acceptors (Lipinski definition) is 1. The molecule has 10 aromatic rings. The van der Waals surface area contributed by atoms with Crippen LogP contribution in [-0.4, -0.2) is 4.57 Å².